The first-order chi connectivity index (χ1) is 10.3. The molecule has 2 aromatic carbocycles. The number of aromatic nitrogens is 1. The number of aromatic amines is 1. The lowest BCUT2D eigenvalue weighted by Crippen LogP contribution is -2.19. The zero-order chi connectivity index (χ0) is 16.2. The highest BCUT2D eigenvalue weighted by Gasteiger charge is 2.25. The van der Waals surface area contributed by atoms with E-state index in [1.807, 2.05) is 0 Å². The number of hydrogen-bond acceptors (Lipinski definition) is 2. The number of H-pyrrole nitrogens is 1. The van der Waals surface area contributed by atoms with Crippen LogP contribution in [0.4, 0.5) is 8.78 Å². The summed E-state index contributed by atoms with van der Waals surface area (Å²) in [5.74, 6) is -3.93. The lowest BCUT2D eigenvalue weighted by Gasteiger charge is -2.10. The van der Waals surface area contributed by atoms with Crippen molar-refractivity contribution >= 4 is 39.3 Å². The maximum atomic E-state index is 14.4. The van der Waals surface area contributed by atoms with Crippen molar-refractivity contribution in [2.75, 3.05) is 0 Å². The zero-order valence-electron chi connectivity index (χ0n) is 11.3. The number of nitrogens with two attached hydrogens (primary N) is 1. The Labute approximate surface area is 127 Å². The number of pyridine rings is 1. The molecule has 22 heavy (non-hydrogen) atoms. The van der Waals surface area contributed by atoms with Crippen molar-refractivity contribution in [2.45, 2.75) is 6.92 Å². The predicted molar refractivity (Wildman–Crippen MR) is 80.3 cm³/mol. The molecule has 0 saturated heterocycles. The van der Waals surface area contributed by atoms with Crippen LogP contribution in [-0.4, -0.2) is 10.9 Å². The monoisotopic (exact) mass is 322 g/mol. The standard InChI is InChI=1S/C15H9ClF2N2O2/c1-5-2-3-7-6(4-5)14(21)9-11(17)8(15(19)22)12(18)10(16)13(9)20-7/h2-4H,1H3,(H2,19,22)(H,20,21). The quantitative estimate of drug-likeness (QED) is 0.533. The molecule has 0 atom stereocenters. The average molecular weight is 323 g/mol. The molecule has 0 bridgehead atoms. The van der Waals surface area contributed by atoms with Gasteiger partial charge in [-0.3, -0.25) is 9.59 Å². The van der Waals surface area contributed by atoms with E-state index < -0.39 is 38.9 Å². The topological polar surface area (TPSA) is 76.0 Å². The first-order valence-corrected chi connectivity index (χ1v) is 6.63. The van der Waals surface area contributed by atoms with E-state index >= 15 is 0 Å². The molecule has 0 saturated carbocycles. The van der Waals surface area contributed by atoms with Gasteiger partial charge in [-0.05, 0) is 19.1 Å². The number of halogens is 3. The number of carbonyl (C=O) groups is 1. The number of aryl methyl sites for hydroxylation is 1. The zero-order valence-corrected chi connectivity index (χ0v) is 12.0. The number of benzene rings is 2. The Hall–Kier alpha value is -2.47. The molecule has 0 unspecified atom stereocenters. The highest BCUT2D eigenvalue weighted by Crippen LogP contribution is 2.30. The molecule has 0 fully saturated rings. The van der Waals surface area contributed by atoms with Crippen LogP contribution < -0.4 is 11.2 Å². The Morgan fingerprint density at radius 1 is 1.27 bits per heavy atom. The van der Waals surface area contributed by atoms with E-state index in [1.54, 1.807) is 25.1 Å². The van der Waals surface area contributed by atoms with Gasteiger partial charge in [-0.2, -0.15) is 0 Å². The van der Waals surface area contributed by atoms with Crippen LogP contribution in [0.2, 0.25) is 5.02 Å². The summed E-state index contributed by atoms with van der Waals surface area (Å²) >= 11 is 5.83. The molecule has 0 aliphatic rings. The summed E-state index contributed by atoms with van der Waals surface area (Å²) in [5, 5.41) is -0.826. The second-order valence-corrected chi connectivity index (χ2v) is 5.31. The Morgan fingerprint density at radius 2 is 1.95 bits per heavy atom. The fourth-order valence-corrected chi connectivity index (χ4v) is 2.67. The summed E-state index contributed by atoms with van der Waals surface area (Å²) in [5.41, 5.74) is 4.24. The van der Waals surface area contributed by atoms with Gasteiger partial charge in [0.05, 0.1) is 10.9 Å². The number of primary amides is 1. The summed E-state index contributed by atoms with van der Waals surface area (Å²) in [6.07, 6.45) is 0. The van der Waals surface area contributed by atoms with Gasteiger partial charge in [0.25, 0.3) is 5.91 Å². The molecule has 4 nitrogen and oxygen atoms in total. The molecule has 1 aromatic heterocycles. The van der Waals surface area contributed by atoms with Crippen molar-refractivity contribution in [3.63, 3.8) is 0 Å². The van der Waals surface area contributed by atoms with Crippen molar-refractivity contribution in [3.8, 4) is 0 Å². The van der Waals surface area contributed by atoms with Crippen LogP contribution in [0.15, 0.2) is 23.0 Å². The van der Waals surface area contributed by atoms with E-state index in [9.17, 15) is 18.4 Å². The minimum Gasteiger partial charge on any atom is -0.365 e. The van der Waals surface area contributed by atoms with E-state index in [2.05, 4.69) is 4.98 Å². The predicted octanol–water partition coefficient (Wildman–Crippen LogP) is 3.02. The van der Waals surface area contributed by atoms with Crippen LogP contribution in [0.25, 0.3) is 21.8 Å². The molecule has 1 heterocycles. The number of rotatable bonds is 1. The third kappa shape index (κ3) is 1.88. The smallest absolute Gasteiger partial charge is 0.254 e. The van der Waals surface area contributed by atoms with E-state index in [0.29, 0.717) is 5.52 Å². The summed E-state index contributed by atoms with van der Waals surface area (Å²) < 4.78 is 28.5. The van der Waals surface area contributed by atoms with Crippen molar-refractivity contribution in [1.82, 2.24) is 4.98 Å². The molecular formula is C15H9ClF2N2O2. The molecule has 0 aliphatic carbocycles. The Kier molecular flexibility index (Phi) is 3.14. The second-order valence-electron chi connectivity index (χ2n) is 4.93. The van der Waals surface area contributed by atoms with Crippen molar-refractivity contribution in [1.29, 1.82) is 0 Å². The Morgan fingerprint density at radius 3 is 2.59 bits per heavy atom. The highest BCUT2D eigenvalue weighted by atomic mass is 35.5. The largest absolute Gasteiger partial charge is 0.365 e. The van der Waals surface area contributed by atoms with Crippen LogP contribution in [0.3, 0.4) is 0 Å². The summed E-state index contributed by atoms with van der Waals surface area (Å²) in [4.78, 5) is 26.5. The number of nitrogens with one attached hydrogen (secondary N) is 1. The van der Waals surface area contributed by atoms with E-state index in [0.717, 1.165) is 5.56 Å². The number of carbonyl (C=O) groups excluding carboxylic acids is 1. The normalized spacial score (nSPS) is 11.3. The molecule has 3 aromatic rings. The molecular weight excluding hydrogens is 314 g/mol. The number of amides is 1. The van der Waals surface area contributed by atoms with Crippen molar-refractivity contribution in [2.24, 2.45) is 5.73 Å². The molecule has 3 rings (SSSR count). The lowest BCUT2D eigenvalue weighted by atomic mass is 10.0. The maximum absolute atomic E-state index is 14.4. The van der Waals surface area contributed by atoms with Crippen LogP contribution in [-0.2, 0) is 0 Å². The first-order valence-electron chi connectivity index (χ1n) is 6.25. The van der Waals surface area contributed by atoms with Crippen LogP contribution >= 0.6 is 11.6 Å². The maximum Gasteiger partial charge on any atom is 0.254 e. The molecule has 3 N–H and O–H groups in total. The molecule has 0 spiro atoms. The Bertz CT molecular complexity index is 1030. The second kappa shape index (κ2) is 4.78. The first kappa shape index (κ1) is 14.5. The van der Waals surface area contributed by atoms with Gasteiger partial charge in [-0.15, -0.1) is 0 Å². The van der Waals surface area contributed by atoms with Gasteiger partial charge in [0, 0.05) is 10.9 Å². The van der Waals surface area contributed by atoms with E-state index in [1.165, 1.54) is 0 Å². The minimum absolute atomic E-state index is 0.206. The summed E-state index contributed by atoms with van der Waals surface area (Å²) in [6, 6.07) is 4.91. The van der Waals surface area contributed by atoms with Crippen LogP contribution in [0.5, 0.6) is 0 Å². The molecule has 1 amide bonds. The molecule has 112 valence electrons. The van der Waals surface area contributed by atoms with Gasteiger partial charge in [0.15, 0.2) is 17.1 Å². The molecule has 0 radical (unpaired) electrons. The van der Waals surface area contributed by atoms with Gasteiger partial charge >= 0.3 is 0 Å². The summed E-state index contributed by atoms with van der Waals surface area (Å²) in [6.45, 7) is 1.77. The third-order valence-electron chi connectivity index (χ3n) is 3.47. The van der Waals surface area contributed by atoms with Gasteiger partial charge in [-0.25, -0.2) is 8.78 Å². The van der Waals surface area contributed by atoms with Gasteiger partial charge in [-0.1, -0.05) is 23.2 Å². The fourth-order valence-electron chi connectivity index (χ4n) is 2.43. The summed E-state index contributed by atoms with van der Waals surface area (Å²) in [7, 11) is 0. The van der Waals surface area contributed by atoms with Crippen LogP contribution in [0, 0.1) is 18.6 Å². The van der Waals surface area contributed by atoms with E-state index in [-0.39, 0.29) is 10.9 Å². The lowest BCUT2D eigenvalue weighted by molar-refractivity contribution is 0.0992. The Balaban J connectivity index is 2.66. The average Bonchev–Trinajstić information content (AvgIpc) is 2.45. The van der Waals surface area contributed by atoms with Crippen LogP contribution in [0.1, 0.15) is 15.9 Å². The fraction of sp³-hybridized carbons (Fsp3) is 0.0667. The molecule has 0 aliphatic heterocycles. The highest BCUT2D eigenvalue weighted by molar-refractivity contribution is 6.36. The third-order valence-corrected chi connectivity index (χ3v) is 3.83. The van der Waals surface area contributed by atoms with Crippen molar-refractivity contribution in [3.05, 3.63) is 56.2 Å². The van der Waals surface area contributed by atoms with Gasteiger partial charge in [0.1, 0.15) is 10.6 Å². The van der Waals surface area contributed by atoms with Crippen molar-refractivity contribution < 1.29 is 13.6 Å². The number of hydrogen-bond donors (Lipinski definition) is 2. The van der Waals surface area contributed by atoms with E-state index in [4.69, 9.17) is 17.3 Å². The van der Waals surface area contributed by atoms with Gasteiger partial charge in [0.2, 0.25) is 0 Å². The number of fused-ring (bicyclic) bond motifs is 2. The van der Waals surface area contributed by atoms with Gasteiger partial charge < -0.3 is 10.7 Å². The minimum atomic E-state index is -1.33. The SMILES string of the molecule is Cc1ccc2[nH]c3c(Cl)c(F)c(C(N)=O)c(F)c3c(=O)c2c1. The molecule has 7 heteroatoms.